The summed E-state index contributed by atoms with van der Waals surface area (Å²) in [7, 11) is 3.63. The fourth-order valence-corrected chi connectivity index (χ4v) is 4.91. The highest BCUT2D eigenvalue weighted by Gasteiger charge is 2.55. The second-order valence-electron chi connectivity index (χ2n) is 9.71. The first-order chi connectivity index (χ1) is 18.0. The van der Waals surface area contributed by atoms with Gasteiger partial charge in [-0.3, -0.25) is 9.69 Å². The Morgan fingerprint density at radius 2 is 1.68 bits per heavy atom. The zero-order valence-electron chi connectivity index (χ0n) is 22.1. The summed E-state index contributed by atoms with van der Waals surface area (Å²) in [6, 6.07) is 14.6. The number of amides is 1. The summed E-state index contributed by atoms with van der Waals surface area (Å²) in [6.45, 7) is 6.36. The van der Waals surface area contributed by atoms with E-state index in [4.69, 9.17) is 0 Å². The largest absolute Gasteiger partial charge is 0.416 e. The van der Waals surface area contributed by atoms with Gasteiger partial charge < -0.3 is 14.9 Å². The van der Waals surface area contributed by atoms with Crippen molar-refractivity contribution in [2.24, 2.45) is 0 Å². The number of fused-ring (bicyclic) bond motifs is 2. The Bertz CT molecular complexity index is 1400. The first-order valence-electron chi connectivity index (χ1n) is 12.7. The maximum Gasteiger partial charge on any atom is 0.416 e. The monoisotopic (exact) mass is 523 g/mol. The molecule has 8 heteroatoms. The van der Waals surface area contributed by atoms with E-state index in [2.05, 4.69) is 16.7 Å². The number of nitrogens with zero attached hydrogens (tertiary/aromatic N) is 3. The second-order valence-corrected chi connectivity index (χ2v) is 9.71. The van der Waals surface area contributed by atoms with E-state index in [0.29, 0.717) is 18.5 Å². The Morgan fingerprint density at radius 1 is 1.00 bits per heavy atom. The summed E-state index contributed by atoms with van der Waals surface area (Å²) in [4.78, 5) is 19.1. The third-order valence-electron chi connectivity index (χ3n) is 6.96. The number of hydrogen-bond donors (Lipinski definition) is 1. The molecule has 0 aromatic heterocycles. The maximum absolute atomic E-state index is 14.6. The molecule has 0 saturated carbocycles. The number of carbonyl (C=O) groups excluding carboxylic acids is 1. The van der Waals surface area contributed by atoms with E-state index in [1.54, 1.807) is 24.3 Å². The van der Waals surface area contributed by atoms with Crippen LogP contribution in [0, 0.1) is 11.8 Å². The highest BCUT2D eigenvalue weighted by atomic mass is 19.4. The number of likely N-dealkylation sites (N-methyl/N-ethyl adjacent to an activating group) is 1. The number of benzene rings is 3. The predicted octanol–water partition coefficient (Wildman–Crippen LogP) is 4.70. The van der Waals surface area contributed by atoms with Gasteiger partial charge in [-0.2, -0.15) is 13.2 Å². The maximum atomic E-state index is 14.6. The lowest BCUT2D eigenvalue weighted by molar-refractivity contribution is -0.142. The lowest BCUT2D eigenvalue weighted by atomic mass is 9.83. The van der Waals surface area contributed by atoms with E-state index < -0.39 is 28.8 Å². The zero-order valence-corrected chi connectivity index (χ0v) is 22.1. The highest BCUT2D eigenvalue weighted by Crippen LogP contribution is 2.50. The Hall–Kier alpha value is -3.38. The fraction of sp³-hybridized carbons (Fsp3) is 0.367. The predicted molar refractivity (Wildman–Crippen MR) is 144 cm³/mol. The zero-order chi connectivity index (χ0) is 27.7. The number of carbonyl (C=O) groups is 1. The highest BCUT2D eigenvalue weighted by molar-refractivity contribution is 6.10. The van der Waals surface area contributed by atoms with Crippen molar-refractivity contribution in [2.45, 2.75) is 25.6 Å². The van der Waals surface area contributed by atoms with Gasteiger partial charge in [0.1, 0.15) is 0 Å². The molecule has 0 radical (unpaired) electrons. The minimum Gasteiger partial charge on any atom is -0.372 e. The van der Waals surface area contributed by atoms with Crippen LogP contribution in [-0.4, -0.2) is 67.6 Å². The van der Waals surface area contributed by atoms with E-state index in [0.717, 1.165) is 24.5 Å². The number of alkyl halides is 3. The molecule has 1 amide bonds. The van der Waals surface area contributed by atoms with Gasteiger partial charge in [0.25, 0.3) is 5.91 Å². The fourth-order valence-electron chi connectivity index (χ4n) is 4.91. The molecule has 1 atom stereocenters. The number of hydrogen-bond acceptors (Lipinski definition) is 4. The van der Waals surface area contributed by atoms with E-state index in [1.165, 1.54) is 17.0 Å². The second kappa shape index (κ2) is 10.8. The van der Waals surface area contributed by atoms with Crippen LogP contribution in [0.4, 0.5) is 18.9 Å². The van der Waals surface area contributed by atoms with Crippen molar-refractivity contribution in [3.8, 4) is 11.8 Å². The van der Waals surface area contributed by atoms with Crippen molar-refractivity contribution in [3.05, 3.63) is 76.9 Å². The molecule has 1 N–H and O–H groups in total. The van der Waals surface area contributed by atoms with Gasteiger partial charge in [0.15, 0.2) is 5.60 Å². The van der Waals surface area contributed by atoms with Crippen LogP contribution < -0.4 is 4.90 Å². The average Bonchev–Trinajstić information content (AvgIpc) is 3.10. The molecule has 3 aromatic carbocycles. The molecular weight excluding hydrogens is 491 g/mol. The molecule has 0 fully saturated rings. The minimum absolute atomic E-state index is 0.0433. The molecule has 38 heavy (non-hydrogen) atoms. The van der Waals surface area contributed by atoms with Gasteiger partial charge in [-0.1, -0.05) is 62.1 Å². The first-order valence-corrected chi connectivity index (χ1v) is 12.7. The van der Waals surface area contributed by atoms with Gasteiger partial charge in [0.05, 0.1) is 17.8 Å². The summed E-state index contributed by atoms with van der Waals surface area (Å²) in [5.74, 6) is 4.89. The molecular formula is C30H32F3N3O2. The smallest absolute Gasteiger partial charge is 0.372 e. The molecule has 1 aliphatic heterocycles. The van der Waals surface area contributed by atoms with Gasteiger partial charge in [0.2, 0.25) is 0 Å². The molecule has 1 heterocycles. The number of aliphatic hydroxyl groups is 1. The molecule has 200 valence electrons. The average molecular weight is 524 g/mol. The quantitative estimate of drug-likeness (QED) is 0.457. The van der Waals surface area contributed by atoms with Gasteiger partial charge in [0, 0.05) is 24.2 Å². The molecule has 0 bridgehead atoms. The van der Waals surface area contributed by atoms with E-state index in [1.807, 2.05) is 45.0 Å². The molecule has 1 aliphatic rings. The lowest BCUT2D eigenvalue weighted by Crippen LogP contribution is -2.44. The molecule has 5 nitrogen and oxygen atoms in total. The summed E-state index contributed by atoms with van der Waals surface area (Å²) in [5, 5.41) is 13.6. The third kappa shape index (κ3) is 5.14. The van der Waals surface area contributed by atoms with E-state index in [-0.39, 0.29) is 23.4 Å². The molecule has 1 unspecified atom stereocenters. The number of rotatable bonds is 7. The molecule has 4 rings (SSSR count). The molecule has 3 aromatic rings. The van der Waals surface area contributed by atoms with Gasteiger partial charge in [-0.25, -0.2) is 0 Å². The summed E-state index contributed by atoms with van der Waals surface area (Å²) in [5.41, 5.74) is -3.71. The standard InChI is InChI=1S/C30H32F3N3O2/c1-5-35(6-2)16-17-36-26-19-21(10-9-15-34(3)4)18-25(30(31,32)33)27(26)29(38,28(36)37)24-14-13-22-11-7-8-12-23(22)20-24/h7-8,11-14,18-20,38H,5-6,15-17H2,1-4H3. The Balaban J connectivity index is 1.95. The molecule has 0 aliphatic carbocycles. The first kappa shape index (κ1) is 27.6. The molecule has 0 saturated heterocycles. The third-order valence-corrected chi connectivity index (χ3v) is 6.96. The molecule has 0 spiro atoms. The summed E-state index contributed by atoms with van der Waals surface area (Å²) < 4.78 is 43.7. The summed E-state index contributed by atoms with van der Waals surface area (Å²) >= 11 is 0. The number of halogens is 3. The van der Waals surface area contributed by atoms with Gasteiger partial charge >= 0.3 is 6.18 Å². The lowest BCUT2D eigenvalue weighted by Gasteiger charge is -2.26. The minimum atomic E-state index is -4.82. The van der Waals surface area contributed by atoms with Crippen molar-refractivity contribution in [3.63, 3.8) is 0 Å². The topological polar surface area (TPSA) is 47.0 Å². The van der Waals surface area contributed by atoms with Crippen LogP contribution >= 0.6 is 0 Å². The van der Waals surface area contributed by atoms with Crippen LogP contribution in [0.25, 0.3) is 10.8 Å². The Kier molecular flexibility index (Phi) is 7.84. The number of anilines is 1. The normalized spacial score (nSPS) is 17.3. The van der Waals surface area contributed by atoms with Crippen molar-refractivity contribution >= 4 is 22.4 Å². The van der Waals surface area contributed by atoms with Crippen LogP contribution in [0.3, 0.4) is 0 Å². The van der Waals surface area contributed by atoms with Gasteiger partial charge in [-0.15, -0.1) is 0 Å². The Labute approximate surface area is 221 Å². The summed E-state index contributed by atoms with van der Waals surface area (Å²) in [6.07, 6.45) is -4.82. The van der Waals surface area contributed by atoms with Crippen LogP contribution in [0.5, 0.6) is 0 Å². The van der Waals surface area contributed by atoms with Crippen molar-refractivity contribution in [1.29, 1.82) is 0 Å². The van der Waals surface area contributed by atoms with Crippen LogP contribution in [0.1, 0.15) is 36.1 Å². The SMILES string of the molecule is CCN(CC)CCN1C(=O)C(O)(c2ccc3ccccc3c2)c2c1cc(C#CCN(C)C)cc2C(F)(F)F. The van der Waals surface area contributed by atoms with Crippen molar-refractivity contribution < 1.29 is 23.1 Å². The van der Waals surface area contributed by atoms with Crippen LogP contribution in [-0.2, 0) is 16.6 Å². The van der Waals surface area contributed by atoms with Crippen molar-refractivity contribution in [1.82, 2.24) is 9.80 Å². The van der Waals surface area contributed by atoms with E-state index >= 15 is 0 Å². The van der Waals surface area contributed by atoms with Gasteiger partial charge in [-0.05, 0) is 61.7 Å². The van der Waals surface area contributed by atoms with E-state index in [9.17, 15) is 23.1 Å². The Morgan fingerprint density at radius 3 is 2.32 bits per heavy atom. The van der Waals surface area contributed by atoms with Crippen LogP contribution in [0.2, 0.25) is 0 Å². The van der Waals surface area contributed by atoms with Crippen LogP contribution in [0.15, 0.2) is 54.6 Å². The van der Waals surface area contributed by atoms with Crippen molar-refractivity contribution in [2.75, 3.05) is 51.7 Å².